The number of carbonyl (C=O) groups excluding carboxylic acids is 2. The molecule has 0 radical (unpaired) electrons. The van der Waals surface area contributed by atoms with E-state index in [2.05, 4.69) is 10.1 Å². The molecule has 1 amide bonds. The highest BCUT2D eigenvalue weighted by Crippen LogP contribution is 2.35. The van der Waals surface area contributed by atoms with Gasteiger partial charge in [-0.2, -0.15) is 0 Å². The van der Waals surface area contributed by atoms with Gasteiger partial charge < -0.3 is 10.1 Å². The second-order valence-electron chi connectivity index (χ2n) is 4.38. The second-order valence-corrected chi connectivity index (χ2v) is 4.38. The van der Waals surface area contributed by atoms with Gasteiger partial charge in [-0.05, 0) is 12.8 Å². The van der Waals surface area contributed by atoms with Crippen molar-refractivity contribution in [3.05, 3.63) is 0 Å². The predicted octanol–water partition coefficient (Wildman–Crippen LogP) is 1.25. The summed E-state index contributed by atoms with van der Waals surface area (Å²) in [6.07, 6.45) is 5.24. The molecule has 0 unspecified atom stereocenters. The summed E-state index contributed by atoms with van der Waals surface area (Å²) in [6.45, 7) is 1.95. The van der Waals surface area contributed by atoms with Gasteiger partial charge in [-0.3, -0.25) is 9.59 Å². The van der Waals surface area contributed by atoms with Crippen molar-refractivity contribution in [2.24, 2.45) is 5.41 Å². The molecule has 15 heavy (non-hydrogen) atoms. The topological polar surface area (TPSA) is 55.4 Å². The summed E-state index contributed by atoms with van der Waals surface area (Å²) in [7, 11) is 1.32. The minimum atomic E-state index is -0.400. The number of hydrogen-bond donors (Lipinski definition) is 1. The summed E-state index contributed by atoms with van der Waals surface area (Å²) in [4.78, 5) is 22.7. The average Bonchev–Trinajstić information content (AvgIpc) is 2.26. The van der Waals surface area contributed by atoms with E-state index in [4.69, 9.17) is 0 Å². The average molecular weight is 213 g/mol. The molecule has 0 spiro atoms. The van der Waals surface area contributed by atoms with E-state index < -0.39 is 5.97 Å². The number of methoxy groups -OCH3 is 1. The highest BCUT2D eigenvalue weighted by Gasteiger charge is 2.34. The van der Waals surface area contributed by atoms with Crippen LogP contribution in [0.4, 0.5) is 0 Å². The molecule has 86 valence electrons. The number of hydrogen-bond acceptors (Lipinski definition) is 3. The van der Waals surface area contributed by atoms with Gasteiger partial charge in [-0.1, -0.05) is 26.2 Å². The zero-order valence-electron chi connectivity index (χ0n) is 9.47. The summed E-state index contributed by atoms with van der Waals surface area (Å²) in [5.74, 6) is -0.421. The van der Waals surface area contributed by atoms with Crippen LogP contribution in [0, 0.1) is 5.41 Å². The molecule has 1 rings (SSSR count). The van der Waals surface area contributed by atoms with Crippen LogP contribution in [0.5, 0.6) is 0 Å². The molecule has 0 saturated heterocycles. The molecule has 0 aromatic carbocycles. The first-order chi connectivity index (χ1) is 7.08. The van der Waals surface area contributed by atoms with Crippen molar-refractivity contribution in [2.75, 3.05) is 13.7 Å². The van der Waals surface area contributed by atoms with Gasteiger partial charge in [0, 0.05) is 5.41 Å². The quantitative estimate of drug-likeness (QED) is 0.718. The van der Waals surface area contributed by atoms with Crippen LogP contribution in [-0.4, -0.2) is 25.5 Å². The molecule has 1 aliphatic rings. The first kappa shape index (κ1) is 12.0. The first-order valence-electron chi connectivity index (χ1n) is 5.43. The smallest absolute Gasteiger partial charge is 0.325 e. The van der Waals surface area contributed by atoms with E-state index in [0.29, 0.717) is 0 Å². The highest BCUT2D eigenvalue weighted by molar-refractivity contribution is 5.85. The van der Waals surface area contributed by atoms with Crippen molar-refractivity contribution in [1.82, 2.24) is 5.32 Å². The number of nitrogens with one attached hydrogen (secondary N) is 1. The van der Waals surface area contributed by atoms with Crippen LogP contribution in [0.25, 0.3) is 0 Å². The Morgan fingerprint density at radius 3 is 2.40 bits per heavy atom. The lowest BCUT2D eigenvalue weighted by molar-refractivity contribution is -0.143. The summed E-state index contributed by atoms with van der Waals surface area (Å²) >= 11 is 0. The molecule has 0 aromatic heterocycles. The van der Waals surface area contributed by atoms with E-state index in [1.165, 1.54) is 13.5 Å². The molecule has 0 aliphatic heterocycles. The van der Waals surface area contributed by atoms with Crippen LogP contribution in [0.3, 0.4) is 0 Å². The molecule has 1 saturated carbocycles. The Labute approximate surface area is 90.4 Å². The maximum Gasteiger partial charge on any atom is 0.325 e. The Balaban J connectivity index is 2.41. The molecule has 1 N–H and O–H groups in total. The van der Waals surface area contributed by atoms with Gasteiger partial charge >= 0.3 is 5.97 Å². The van der Waals surface area contributed by atoms with E-state index in [-0.39, 0.29) is 17.9 Å². The molecule has 0 aromatic rings. The maximum absolute atomic E-state index is 11.8. The minimum Gasteiger partial charge on any atom is -0.468 e. The van der Waals surface area contributed by atoms with Gasteiger partial charge in [0.2, 0.25) is 5.91 Å². The molecule has 1 fully saturated rings. The molecule has 4 heteroatoms. The van der Waals surface area contributed by atoms with Crippen LogP contribution < -0.4 is 5.32 Å². The number of esters is 1. The fourth-order valence-corrected chi connectivity index (χ4v) is 2.00. The fourth-order valence-electron chi connectivity index (χ4n) is 2.00. The van der Waals surface area contributed by atoms with Crippen molar-refractivity contribution >= 4 is 11.9 Å². The van der Waals surface area contributed by atoms with Gasteiger partial charge in [0.15, 0.2) is 0 Å². The van der Waals surface area contributed by atoms with Crippen molar-refractivity contribution in [1.29, 1.82) is 0 Å². The monoisotopic (exact) mass is 213 g/mol. The van der Waals surface area contributed by atoms with Crippen molar-refractivity contribution in [3.63, 3.8) is 0 Å². The third-order valence-corrected chi connectivity index (χ3v) is 3.13. The van der Waals surface area contributed by atoms with E-state index >= 15 is 0 Å². The number of ether oxygens (including phenoxy) is 1. The zero-order chi connectivity index (χ0) is 11.3. The summed E-state index contributed by atoms with van der Waals surface area (Å²) in [6, 6.07) is 0. The molecular weight excluding hydrogens is 194 g/mol. The third kappa shape index (κ3) is 3.22. The number of rotatable bonds is 3. The van der Waals surface area contributed by atoms with Crippen molar-refractivity contribution in [2.45, 2.75) is 39.0 Å². The Hall–Kier alpha value is -1.06. The first-order valence-corrected chi connectivity index (χ1v) is 5.43. The van der Waals surface area contributed by atoms with Crippen molar-refractivity contribution in [3.8, 4) is 0 Å². The van der Waals surface area contributed by atoms with Crippen molar-refractivity contribution < 1.29 is 14.3 Å². The van der Waals surface area contributed by atoms with E-state index in [1.54, 1.807) is 0 Å². The van der Waals surface area contributed by atoms with Crippen LogP contribution in [-0.2, 0) is 14.3 Å². The highest BCUT2D eigenvalue weighted by atomic mass is 16.5. The Bertz CT molecular complexity index is 244. The van der Waals surface area contributed by atoms with Crippen LogP contribution in [0.2, 0.25) is 0 Å². The minimum absolute atomic E-state index is 0.0207. The summed E-state index contributed by atoms with van der Waals surface area (Å²) in [5.41, 5.74) is -0.285. The lowest BCUT2D eigenvalue weighted by atomic mass is 9.75. The van der Waals surface area contributed by atoms with Gasteiger partial charge in [0.1, 0.15) is 6.54 Å². The predicted molar refractivity (Wildman–Crippen MR) is 56.2 cm³/mol. The largest absolute Gasteiger partial charge is 0.468 e. The lowest BCUT2D eigenvalue weighted by Gasteiger charge is -2.31. The van der Waals surface area contributed by atoms with Gasteiger partial charge in [-0.25, -0.2) is 0 Å². The third-order valence-electron chi connectivity index (χ3n) is 3.13. The van der Waals surface area contributed by atoms with Crippen LogP contribution >= 0.6 is 0 Å². The van der Waals surface area contributed by atoms with E-state index in [9.17, 15) is 9.59 Å². The van der Waals surface area contributed by atoms with E-state index in [0.717, 1.165) is 25.7 Å². The van der Waals surface area contributed by atoms with Gasteiger partial charge in [0.05, 0.1) is 7.11 Å². The Morgan fingerprint density at radius 1 is 1.27 bits per heavy atom. The molecular formula is C11H19NO3. The summed E-state index contributed by atoms with van der Waals surface area (Å²) < 4.78 is 4.47. The summed E-state index contributed by atoms with van der Waals surface area (Å²) in [5, 5.41) is 2.63. The standard InChI is InChI=1S/C11H19NO3/c1-11(6-4-3-5-7-11)10(14)12-8-9(13)15-2/h3-8H2,1-2H3,(H,12,14). The SMILES string of the molecule is COC(=O)CNC(=O)C1(C)CCCCC1. The maximum atomic E-state index is 11.8. The van der Waals surface area contributed by atoms with Gasteiger partial charge in [-0.15, -0.1) is 0 Å². The number of amides is 1. The molecule has 0 atom stereocenters. The lowest BCUT2D eigenvalue weighted by Crippen LogP contribution is -2.42. The second kappa shape index (κ2) is 5.14. The molecule has 1 aliphatic carbocycles. The van der Waals surface area contributed by atoms with E-state index in [1.807, 2.05) is 6.92 Å². The molecule has 4 nitrogen and oxygen atoms in total. The molecule has 0 heterocycles. The van der Waals surface area contributed by atoms with Crippen LogP contribution in [0.15, 0.2) is 0 Å². The zero-order valence-corrected chi connectivity index (χ0v) is 9.47. The normalized spacial score (nSPS) is 19.3. The Kier molecular flexibility index (Phi) is 4.12. The van der Waals surface area contributed by atoms with Crippen LogP contribution in [0.1, 0.15) is 39.0 Å². The number of carbonyl (C=O) groups is 2. The van der Waals surface area contributed by atoms with Gasteiger partial charge in [0.25, 0.3) is 0 Å². The molecule has 0 bridgehead atoms. The fraction of sp³-hybridized carbons (Fsp3) is 0.818. The Morgan fingerprint density at radius 2 is 1.87 bits per heavy atom.